The second-order valence-electron chi connectivity index (χ2n) is 11.0. The van der Waals surface area contributed by atoms with Gasteiger partial charge in [0.15, 0.2) is 0 Å². The number of carbonyl (C=O) groups is 2. The van der Waals surface area contributed by atoms with E-state index < -0.39 is 56.9 Å². The molecule has 4 aromatic carbocycles. The summed E-state index contributed by atoms with van der Waals surface area (Å²) < 4.78 is 71.1. The van der Waals surface area contributed by atoms with Gasteiger partial charge < -0.3 is 10.2 Å². The molecule has 0 fully saturated rings. The average Bonchev–Trinajstić information content (AvgIpc) is 3.02. The number of halogens is 5. The van der Waals surface area contributed by atoms with E-state index in [1.165, 1.54) is 29.2 Å². The first kappa shape index (κ1) is 36.0. The molecule has 2 amide bonds. The zero-order valence-electron chi connectivity index (χ0n) is 25.4. The molecule has 0 heterocycles. The van der Waals surface area contributed by atoms with Gasteiger partial charge in [0.1, 0.15) is 12.6 Å². The summed E-state index contributed by atoms with van der Waals surface area (Å²) >= 11 is 9.28. The Hall–Kier alpha value is -3.87. The molecule has 0 aliphatic heterocycles. The van der Waals surface area contributed by atoms with Gasteiger partial charge in [0, 0.05) is 23.5 Å². The molecule has 0 bridgehead atoms. The van der Waals surface area contributed by atoms with E-state index in [9.17, 15) is 31.2 Å². The topological polar surface area (TPSA) is 86.8 Å². The summed E-state index contributed by atoms with van der Waals surface area (Å²) in [5.74, 6) is -1.29. The van der Waals surface area contributed by atoms with Gasteiger partial charge >= 0.3 is 6.18 Å². The molecule has 0 aliphatic rings. The Morgan fingerprint density at radius 1 is 0.872 bits per heavy atom. The van der Waals surface area contributed by atoms with E-state index in [2.05, 4.69) is 21.2 Å². The van der Waals surface area contributed by atoms with Crippen molar-refractivity contribution >= 4 is 55.1 Å². The van der Waals surface area contributed by atoms with Crippen molar-refractivity contribution in [1.29, 1.82) is 0 Å². The number of carbonyl (C=O) groups excluding carboxylic acids is 2. The van der Waals surface area contributed by atoms with Crippen LogP contribution >= 0.6 is 27.5 Å². The van der Waals surface area contributed by atoms with Gasteiger partial charge in [-0.25, -0.2) is 8.42 Å². The second kappa shape index (κ2) is 15.4. The van der Waals surface area contributed by atoms with Crippen LogP contribution in [0.4, 0.5) is 18.9 Å². The highest BCUT2D eigenvalue weighted by Crippen LogP contribution is 2.38. The van der Waals surface area contributed by atoms with Crippen LogP contribution in [0.2, 0.25) is 5.02 Å². The first-order chi connectivity index (χ1) is 22.2. The lowest BCUT2D eigenvalue weighted by Crippen LogP contribution is -2.54. The fraction of sp³-hybridized carbons (Fsp3) is 0.235. The maximum atomic E-state index is 14.4. The summed E-state index contributed by atoms with van der Waals surface area (Å²) in [6.45, 7) is 2.52. The molecule has 0 aliphatic carbocycles. The fourth-order valence-corrected chi connectivity index (χ4v) is 7.00. The standard InChI is InChI=1S/C34H32BrClF3N3O4S/c1-23(2)40-33(44)31(19-24-10-5-3-6-11-24)41(21-25-12-9-13-26(35)18-25)32(43)22-42(47(45,46)28-14-7-4-8-15-28)27-16-17-30(36)29(20-27)34(37,38)39/h3-18,20,23,31H,19,21-22H2,1-2H3,(H,40,44). The highest BCUT2D eigenvalue weighted by atomic mass is 79.9. The number of nitrogens with one attached hydrogen (secondary N) is 1. The van der Waals surface area contributed by atoms with Crippen LogP contribution in [0.1, 0.15) is 30.5 Å². The molecule has 47 heavy (non-hydrogen) atoms. The van der Waals surface area contributed by atoms with Crippen molar-refractivity contribution in [1.82, 2.24) is 10.2 Å². The number of benzene rings is 4. The largest absolute Gasteiger partial charge is 0.417 e. The van der Waals surface area contributed by atoms with Crippen molar-refractivity contribution in [2.75, 3.05) is 10.8 Å². The van der Waals surface area contributed by atoms with Crippen molar-refractivity contribution in [3.05, 3.63) is 129 Å². The summed E-state index contributed by atoms with van der Waals surface area (Å²) in [5.41, 5.74) is -0.314. The van der Waals surface area contributed by atoms with Crippen LogP contribution in [-0.2, 0) is 38.8 Å². The highest BCUT2D eigenvalue weighted by Gasteiger charge is 2.37. The quantitative estimate of drug-likeness (QED) is 0.163. The Balaban J connectivity index is 1.86. The third-order valence-corrected chi connectivity index (χ3v) is 9.71. The molecule has 0 saturated heterocycles. The van der Waals surface area contributed by atoms with Crippen LogP contribution < -0.4 is 9.62 Å². The second-order valence-corrected chi connectivity index (χ2v) is 14.2. The predicted molar refractivity (Wildman–Crippen MR) is 179 cm³/mol. The third kappa shape index (κ3) is 9.36. The molecule has 1 unspecified atom stereocenters. The zero-order chi connectivity index (χ0) is 34.4. The van der Waals surface area contributed by atoms with Crippen molar-refractivity contribution in [3.63, 3.8) is 0 Å². The Labute approximate surface area is 285 Å². The summed E-state index contributed by atoms with van der Waals surface area (Å²) in [6, 6.07) is 24.4. The monoisotopic (exact) mass is 749 g/mol. The number of alkyl halides is 3. The first-order valence-corrected chi connectivity index (χ1v) is 17.1. The highest BCUT2D eigenvalue weighted by molar-refractivity contribution is 9.10. The third-order valence-electron chi connectivity index (χ3n) is 7.10. The molecule has 4 rings (SSSR count). The molecule has 0 saturated carbocycles. The molecule has 0 aromatic heterocycles. The molecule has 0 spiro atoms. The lowest BCUT2D eigenvalue weighted by Gasteiger charge is -2.34. The van der Waals surface area contributed by atoms with E-state index in [1.54, 1.807) is 68.4 Å². The van der Waals surface area contributed by atoms with Gasteiger partial charge in [0.25, 0.3) is 10.0 Å². The van der Waals surface area contributed by atoms with Crippen LogP contribution in [-0.4, -0.2) is 43.8 Å². The molecule has 1 atom stereocenters. The summed E-state index contributed by atoms with van der Waals surface area (Å²) in [4.78, 5) is 29.2. The van der Waals surface area contributed by atoms with Crippen molar-refractivity contribution in [3.8, 4) is 0 Å². The van der Waals surface area contributed by atoms with Crippen LogP contribution in [0.25, 0.3) is 0 Å². The minimum atomic E-state index is -4.90. The summed E-state index contributed by atoms with van der Waals surface area (Å²) in [7, 11) is -4.59. The molecule has 4 aromatic rings. The number of anilines is 1. The van der Waals surface area contributed by atoms with Gasteiger partial charge in [-0.3, -0.25) is 13.9 Å². The lowest BCUT2D eigenvalue weighted by molar-refractivity contribution is -0.140. The molecular weight excluding hydrogens is 719 g/mol. The molecular formula is C34H32BrClF3N3O4S. The predicted octanol–water partition coefficient (Wildman–Crippen LogP) is 7.48. The van der Waals surface area contributed by atoms with E-state index in [4.69, 9.17) is 11.6 Å². The van der Waals surface area contributed by atoms with E-state index in [0.29, 0.717) is 20.4 Å². The van der Waals surface area contributed by atoms with E-state index in [1.807, 2.05) is 6.07 Å². The summed E-state index contributed by atoms with van der Waals surface area (Å²) in [6.07, 6.45) is -4.81. The number of rotatable bonds is 12. The SMILES string of the molecule is CC(C)NC(=O)C(Cc1ccccc1)N(Cc1cccc(Br)c1)C(=O)CN(c1ccc(Cl)c(C(F)(F)F)c1)S(=O)(=O)c1ccccc1. The van der Waals surface area contributed by atoms with E-state index >= 15 is 0 Å². The first-order valence-electron chi connectivity index (χ1n) is 14.5. The molecule has 248 valence electrons. The Morgan fingerprint density at radius 2 is 1.49 bits per heavy atom. The number of hydrogen-bond acceptors (Lipinski definition) is 4. The number of nitrogens with zero attached hydrogens (tertiary/aromatic N) is 2. The van der Waals surface area contributed by atoms with Gasteiger partial charge in [-0.1, -0.05) is 88.2 Å². The maximum Gasteiger partial charge on any atom is 0.417 e. The van der Waals surface area contributed by atoms with Crippen molar-refractivity contribution in [2.24, 2.45) is 0 Å². The molecule has 7 nitrogen and oxygen atoms in total. The van der Waals surface area contributed by atoms with E-state index in [-0.39, 0.29) is 23.9 Å². The van der Waals surface area contributed by atoms with Crippen LogP contribution in [0.3, 0.4) is 0 Å². The Bertz CT molecular complexity index is 1810. The Kier molecular flexibility index (Phi) is 11.8. The van der Waals surface area contributed by atoms with Crippen LogP contribution in [0, 0.1) is 0 Å². The molecule has 13 heteroatoms. The number of sulfonamides is 1. The normalized spacial score (nSPS) is 12.4. The van der Waals surface area contributed by atoms with E-state index in [0.717, 1.165) is 17.7 Å². The Morgan fingerprint density at radius 3 is 2.09 bits per heavy atom. The molecule has 1 N–H and O–H groups in total. The minimum Gasteiger partial charge on any atom is -0.352 e. The van der Waals surface area contributed by atoms with Gasteiger partial charge in [-0.2, -0.15) is 13.2 Å². The van der Waals surface area contributed by atoms with Crippen LogP contribution in [0.15, 0.2) is 112 Å². The van der Waals surface area contributed by atoms with Crippen molar-refractivity contribution < 1.29 is 31.2 Å². The van der Waals surface area contributed by atoms with Crippen molar-refractivity contribution in [2.45, 2.75) is 50.0 Å². The number of hydrogen-bond donors (Lipinski definition) is 1. The van der Waals surface area contributed by atoms with Gasteiger partial charge in [0.05, 0.1) is 21.2 Å². The maximum absolute atomic E-state index is 14.4. The minimum absolute atomic E-state index is 0.0870. The van der Waals surface area contributed by atoms with Gasteiger partial charge in [0.2, 0.25) is 11.8 Å². The van der Waals surface area contributed by atoms with Crippen LogP contribution in [0.5, 0.6) is 0 Å². The fourth-order valence-electron chi connectivity index (χ4n) is 4.90. The zero-order valence-corrected chi connectivity index (χ0v) is 28.6. The lowest BCUT2D eigenvalue weighted by atomic mass is 10.0. The van der Waals surface area contributed by atoms with Gasteiger partial charge in [-0.05, 0) is 67.4 Å². The average molecular weight is 751 g/mol. The van der Waals surface area contributed by atoms with Gasteiger partial charge in [-0.15, -0.1) is 0 Å². The summed E-state index contributed by atoms with van der Waals surface area (Å²) in [5, 5.41) is 2.22. The molecule has 0 radical (unpaired) electrons. The number of amides is 2. The smallest absolute Gasteiger partial charge is 0.352 e.